The van der Waals surface area contributed by atoms with Gasteiger partial charge in [0.25, 0.3) is 6.43 Å². The van der Waals surface area contributed by atoms with Gasteiger partial charge in [-0.05, 0) is 83.1 Å². The SMILES string of the molecule is CC1(C)OC2CC3C4CC(F)C5=CC(=O)C=CC5(C)C4(F)C(O)CC3(C)C2(C(=O)COC(=O)C(N)(CCCN)C(F)F)O1. The van der Waals surface area contributed by atoms with Gasteiger partial charge in [-0.1, -0.05) is 13.0 Å². The van der Waals surface area contributed by atoms with Gasteiger partial charge in [-0.25, -0.2) is 22.4 Å². The third kappa shape index (κ3) is 4.24. The molecule has 1 heterocycles. The highest BCUT2D eigenvalue weighted by Crippen LogP contribution is 2.72. The van der Waals surface area contributed by atoms with Gasteiger partial charge >= 0.3 is 5.97 Å². The Morgan fingerprint density at radius 3 is 2.51 bits per heavy atom. The van der Waals surface area contributed by atoms with Crippen molar-refractivity contribution in [3.63, 3.8) is 0 Å². The molecule has 4 aliphatic carbocycles. The number of rotatable bonds is 8. The molecule has 0 amide bonds. The lowest BCUT2D eigenvalue weighted by atomic mass is 9.44. The second-order valence-corrected chi connectivity index (χ2v) is 13.7. The summed E-state index contributed by atoms with van der Waals surface area (Å²) in [4.78, 5) is 39.0. The number of halogens is 4. The molecule has 9 nitrogen and oxygen atoms in total. The summed E-state index contributed by atoms with van der Waals surface area (Å²) < 4.78 is 78.4. The van der Waals surface area contributed by atoms with Crippen molar-refractivity contribution in [2.45, 2.75) is 107 Å². The maximum Gasteiger partial charge on any atom is 0.332 e. The number of aliphatic hydroxyl groups excluding tert-OH is 1. The van der Waals surface area contributed by atoms with Gasteiger partial charge < -0.3 is 30.8 Å². The third-order valence-corrected chi connectivity index (χ3v) is 10.9. The second-order valence-electron chi connectivity index (χ2n) is 13.7. The molecule has 0 bridgehead atoms. The highest BCUT2D eigenvalue weighted by molar-refractivity contribution is 6.01. The van der Waals surface area contributed by atoms with E-state index in [1.807, 2.05) is 0 Å². The monoisotopic (exact) mass is 616 g/mol. The third-order valence-electron chi connectivity index (χ3n) is 10.9. The molecule has 0 aromatic heterocycles. The molecule has 0 aromatic carbocycles. The van der Waals surface area contributed by atoms with Gasteiger partial charge in [-0.2, -0.15) is 0 Å². The number of hydrogen-bond acceptors (Lipinski definition) is 9. The summed E-state index contributed by atoms with van der Waals surface area (Å²) in [5, 5.41) is 11.6. The number of allylic oxidation sites excluding steroid dienone is 4. The molecule has 240 valence electrons. The lowest BCUT2D eigenvalue weighted by Crippen LogP contribution is -2.71. The van der Waals surface area contributed by atoms with E-state index in [1.54, 1.807) is 20.8 Å². The summed E-state index contributed by atoms with van der Waals surface area (Å²) in [6.07, 6.45) is -5.19. The topological polar surface area (TPSA) is 151 Å². The van der Waals surface area contributed by atoms with E-state index in [-0.39, 0.29) is 37.8 Å². The fourth-order valence-electron chi connectivity index (χ4n) is 8.87. The summed E-state index contributed by atoms with van der Waals surface area (Å²) in [6.45, 7) is 5.25. The molecule has 10 unspecified atom stereocenters. The molecule has 3 saturated carbocycles. The molecule has 4 fully saturated rings. The van der Waals surface area contributed by atoms with Crippen LogP contribution < -0.4 is 11.5 Å². The number of carbonyl (C=O) groups excluding carboxylic acids is 3. The Bertz CT molecular complexity index is 1280. The largest absolute Gasteiger partial charge is 0.456 e. The summed E-state index contributed by atoms with van der Waals surface area (Å²) in [7, 11) is 0. The molecular formula is C30H40F4N2O7. The average Bonchev–Trinajstić information content (AvgIpc) is 3.34. The van der Waals surface area contributed by atoms with E-state index in [0.29, 0.717) is 0 Å². The van der Waals surface area contributed by atoms with Gasteiger partial charge in [0, 0.05) is 16.7 Å². The number of fused-ring (bicyclic) bond motifs is 7. The van der Waals surface area contributed by atoms with E-state index in [1.165, 1.54) is 19.1 Å². The van der Waals surface area contributed by atoms with Crippen molar-refractivity contribution in [2.75, 3.05) is 13.2 Å². The Kier molecular flexibility index (Phi) is 7.61. The smallest absolute Gasteiger partial charge is 0.332 e. The molecule has 43 heavy (non-hydrogen) atoms. The maximum absolute atomic E-state index is 17.5. The number of Topliss-reactive ketones (excluding diaryl/α,β-unsaturated/α-hetero) is 1. The fourth-order valence-corrected chi connectivity index (χ4v) is 8.87. The Hall–Kier alpha value is -2.19. The van der Waals surface area contributed by atoms with Gasteiger partial charge in [0.1, 0.15) is 6.17 Å². The standard InChI is InChI=1S/C30H40F4N2O7/c1-25(2)42-22-12-16-17-11-19(31)18-10-15(37)6-8-26(18,3)29(17,34)20(38)13-27(16,4)30(22,43-25)21(39)14-41-24(40)28(36,23(32)33)7-5-9-35/h6,8,10,16-17,19-20,22-23,38H,5,7,9,11-14,35-36H2,1-4H3. The fraction of sp³-hybridized carbons (Fsp3) is 0.767. The van der Waals surface area contributed by atoms with Crippen LogP contribution in [-0.4, -0.2) is 83.2 Å². The van der Waals surface area contributed by atoms with Crippen LogP contribution in [0.1, 0.15) is 59.8 Å². The first-order valence-corrected chi connectivity index (χ1v) is 14.7. The van der Waals surface area contributed by atoms with Crippen LogP contribution in [-0.2, 0) is 28.6 Å². The van der Waals surface area contributed by atoms with Crippen LogP contribution in [0.4, 0.5) is 17.6 Å². The summed E-state index contributed by atoms with van der Waals surface area (Å²) in [6, 6.07) is 0. The first kappa shape index (κ1) is 32.2. The molecule has 1 saturated heterocycles. The van der Waals surface area contributed by atoms with Crippen molar-refractivity contribution >= 4 is 17.5 Å². The van der Waals surface area contributed by atoms with Crippen LogP contribution in [0, 0.1) is 22.7 Å². The number of alkyl halides is 4. The first-order valence-electron chi connectivity index (χ1n) is 14.7. The normalized spacial score (nSPS) is 44.1. The van der Waals surface area contributed by atoms with Crippen LogP contribution in [0.15, 0.2) is 23.8 Å². The minimum absolute atomic E-state index is 0.00436. The highest BCUT2D eigenvalue weighted by atomic mass is 19.3. The summed E-state index contributed by atoms with van der Waals surface area (Å²) in [5.41, 5.74) is 1.12. The zero-order chi connectivity index (χ0) is 32.0. The van der Waals surface area contributed by atoms with Crippen molar-refractivity contribution in [1.82, 2.24) is 0 Å². The van der Waals surface area contributed by atoms with E-state index in [2.05, 4.69) is 0 Å². The average molecular weight is 617 g/mol. The Morgan fingerprint density at radius 2 is 1.88 bits per heavy atom. The number of ketones is 2. The van der Waals surface area contributed by atoms with Crippen LogP contribution in [0.3, 0.4) is 0 Å². The molecule has 5 rings (SSSR count). The zero-order valence-corrected chi connectivity index (χ0v) is 24.7. The molecule has 0 aromatic rings. The van der Waals surface area contributed by atoms with Crippen LogP contribution >= 0.6 is 0 Å². The molecule has 5 aliphatic rings. The van der Waals surface area contributed by atoms with E-state index in [4.69, 9.17) is 25.7 Å². The zero-order valence-electron chi connectivity index (χ0n) is 24.7. The Balaban J connectivity index is 1.50. The quantitative estimate of drug-likeness (QED) is 0.276. The van der Waals surface area contributed by atoms with Gasteiger partial charge in [0.15, 0.2) is 35.0 Å². The summed E-state index contributed by atoms with van der Waals surface area (Å²) in [5.74, 6) is -5.96. The molecule has 10 atom stereocenters. The number of nitrogens with two attached hydrogens (primary N) is 2. The predicted molar refractivity (Wildman–Crippen MR) is 144 cm³/mol. The van der Waals surface area contributed by atoms with Gasteiger partial charge in [-0.15, -0.1) is 0 Å². The number of aliphatic hydroxyl groups is 1. The minimum atomic E-state index is -3.29. The number of esters is 1. The molecule has 0 radical (unpaired) electrons. The first-order chi connectivity index (χ1) is 19.8. The van der Waals surface area contributed by atoms with Crippen molar-refractivity contribution < 1.29 is 51.3 Å². The molecule has 5 N–H and O–H groups in total. The van der Waals surface area contributed by atoms with Gasteiger partial charge in [0.05, 0.1) is 12.2 Å². The molecule has 1 aliphatic heterocycles. The van der Waals surface area contributed by atoms with Crippen molar-refractivity contribution in [3.05, 3.63) is 23.8 Å². The van der Waals surface area contributed by atoms with Crippen molar-refractivity contribution in [3.8, 4) is 0 Å². The van der Waals surface area contributed by atoms with Gasteiger partial charge in [-0.3, -0.25) is 9.59 Å². The second kappa shape index (κ2) is 10.2. The van der Waals surface area contributed by atoms with E-state index < -0.39 is 101 Å². The lowest BCUT2D eigenvalue weighted by molar-refractivity contribution is -0.249. The van der Waals surface area contributed by atoms with Crippen molar-refractivity contribution in [2.24, 2.45) is 34.1 Å². The summed E-state index contributed by atoms with van der Waals surface area (Å²) >= 11 is 0. The van der Waals surface area contributed by atoms with Crippen LogP contribution in [0.25, 0.3) is 0 Å². The number of carbonyl (C=O) groups is 3. The Morgan fingerprint density at radius 1 is 1.21 bits per heavy atom. The lowest BCUT2D eigenvalue weighted by Gasteiger charge is -2.63. The maximum atomic E-state index is 17.5. The predicted octanol–water partition coefficient (Wildman–Crippen LogP) is 2.62. The van der Waals surface area contributed by atoms with Crippen LogP contribution in [0.5, 0.6) is 0 Å². The highest BCUT2D eigenvalue weighted by Gasteiger charge is 2.80. The van der Waals surface area contributed by atoms with E-state index in [0.717, 1.165) is 6.08 Å². The van der Waals surface area contributed by atoms with Crippen LogP contribution in [0.2, 0.25) is 0 Å². The number of hydrogen-bond donors (Lipinski definition) is 3. The van der Waals surface area contributed by atoms with Gasteiger partial charge in [0.2, 0.25) is 5.78 Å². The molecule has 13 heteroatoms. The van der Waals surface area contributed by atoms with E-state index in [9.17, 15) is 28.3 Å². The van der Waals surface area contributed by atoms with E-state index >= 15 is 8.78 Å². The molecule has 0 spiro atoms. The Labute approximate surface area is 247 Å². The number of ether oxygens (including phenoxy) is 3. The molecular weight excluding hydrogens is 576 g/mol. The van der Waals surface area contributed by atoms with Crippen molar-refractivity contribution in [1.29, 1.82) is 0 Å². The minimum Gasteiger partial charge on any atom is -0.456 e.